The summed E-state index contributed by atoms with van der Waals surface area (Å²) in [5, 5.41) is 4.08. The van der Waals surface area contributed by atoms with Gasteiger partial charge in [-0.05, 0) is 12.1 Å². The molecule has 0 bridgehead atoms. The van der Waals surface area contributed by atoms with Crippen molar-refractivity contribution in [2.24, 2.45) is 0 Å². The quantitative estimate of drug-likeness (QED) is 0.663. The van der Waals surface area contributed by atoms with Gasteiger partial charge >= 0.3 is 0 Å². The number of carbonyl (C=O) groups is 1. The van der Waals surface area contributed by atoms with Crippen molar-refractivity contribution in [3.05, 3.63) is 28.5 Å². The number of halogens is 1. The van der Waals surface area contributed by atoms with Crippen molar-refractivity contribution in [1.82, 2.24) is 15.3 Å². The van der Waals surface area contributed by atoms with E-state index in [-0.39, 0.29) is 5.91 Å². The molecule has 1 amide bonds. The summed E-state index contributed by atoms with van der Waals surface area (Å²) in [6.07, 6.45) is 0.815. The van der Waals surface area contributed by atoms with Gasteiger partial charge in [-0.2, -0.15) is 0 Å². The maximum atomic E-state index is 11.7. The molecule has 3 rings (SSSR count). The van der Waals surface area contributed by atoms with Crippen LogP contribution >= 0.6 is 11.6 Å². The molecule has 2 N–H and O–H groups in total. The predicted octanol–water partition coefficient (Wildman–Crippen LogP) is 1.50. The molecule has 0 spiro atoms. The minimum absolute atomic E-state index is 0.0355. The lowest BCUT2D eigenvalue weighted by Gasteiger charge is -2.11. The van der Waals surface area contributed by atoms with Crippen molar-refractivity contribution in [2.75, 3.05) is 6.54 Å². The Morgan fingerprint density at radius 3 is 3.13 bits per heavy atom. The van der Waals surface area contributed by atoms with Crippen molar-refractivity contribution in [2.45, 2.75) is 6.42 Å². The number of hydrogen-bond donors (Lipinski definition) is 2. The summed E-state index contributed by atoms with van der Waals surface area (Å²) in [5.41, 5.74) is 2.34. The van der Waals surface area contributed by atoms with E-state index in [1.54, 1.807) is 6.07 Å². The van der Waals surface area contributed by atoms with Gasteiger partial charge in [-0.25, -0.2) is 4.98 Å². The number of rotatable bonds is 0. The fourth-order valence-corrected chi connectivity index (χ4v) is 2.08. The van der Waals surface area contributed by atoms with Gasteiger partial charge in [0.05, 0.1) is 5.56 Å². The van der Waals surface area contributed by atoms with Crippen molar-refractivity contribution in [1.29, 1.82) is 0 Å². The van der Waals surface area contributed by atoms with Crippen LogP contribution in [-0.4, -0.2) is 22.4 Å². The molecule has 0 radical (unpaired) electrons. The second-order valence-corrected chi connectivity index (χ2v) is 3.90. The molecule has 5 heteroatoms. The van der Waals surface area contributed by atoms with E-state index >= 15 is 0 Å². The third kappa shape index (κ3) is 1.22. The number of fused-ring (bicyclic) bond motifs is 3. The fraction of sp³-hybridized carbons (Fsp3) is 0.200. The Balaban J connectivity index is 2.36. The highest BCUT2D eigenvalue weighted by atomic mass is 35.5. The lowest BCUT2D eigenvalue weighted by Crippen LogP contribution is -2.31. The largest absolute Gasteiger partial charge is 0.352 e. The van der Waals surface area contributed by atoms with Crippen LogP contribution in [0.15, 0.2) is 12.1 Å². The molecule has 1 aliphatic rings. The molecule has 4 nitrogen and oxygen atoms in total. The second-order valence-electron chi connectivity index (χ2n) is 3.51. The Morgan fingerprint density at radius 1 is 1.40 bits per heavy atom. The van der Waals surface area contributed by atoms with Gasteiger partial charge in [0.25, 0.3) is 5.91 Å². The van der Waals surface area contributed by atoms with E-state index < -0.39 is 0 Å². The number of pyridine rings is 1. The molecule has 0 saturated carbocycles. The Hall–Kier alpha value is -1.55. The fourth-order valence-electron chi connectivity index (χ4n) is 1.94. The van der Waals surface area contributed by atoms with Gasteiger partial charge in [-0.15, -0.1) is 0 Å². The standard InChI is InChI=1S/C10H8ClN3O/c11-7-2-1-5-8-6(13-9(5)14-7)3-4-12-10(8)15/h1-2H,3-4H2,(H,12,15)(H,13,14). The van der Waals surface area contributed by atoms with Crippen molar-refractivity contribution in [3.63, 3.8) is 0 Å². The zero-order chi connectivity index (χ0) is 10.4. The lowest BCUT2D eigenvalue weighted by atomic mass is 10.1. The molecule has 2 aromatic rings. The number of hydrogen-bond acceptors (Lipinski definition) is 2. The maximum Gasteiger partial charge on any atom is 0.253 e. The first-order valence-electron chi connectivity index (χ1n) is 4.71. The number of aromatic amines is 1. The number of aromatic nitrogens is 2. The molecule has 3 heterocycles. The van der Waals surface area contributed by atoms with E-state index in [2.05, 4.69) is 15.3 Å². The number of carbonyl (C=O) groups excluding carboxylic acids is 1. The van der Waals surface area contributed by atoms with Crippen molar-refractivity contribution >= 4 is 28.5 Å². The molecular formula is C10H8ClN3O. The lowest BCUT2D eigenvalue weighted by molar-refractivity contribution is 0.0947. The zero-order valence-corrected chi connectivity index (χ0v) is 8.56. The molecule has 0 unspecified atom stereocenters. The van der Waals surface area contributed by atoms with Crippen LogP contribution in [0.25, 0.3) is 11.0 Å². The van der Waals surface area contributed by atoms with Gasteiger partial charge < -0.3 is 10.3 Å². The average molecular weight is 222 g/mol. The van der Waals surface area contributed by atoms with Crippen LogP contribution in [0.3, 0.4) is 0 Å². The highest BCUT2D eigenvalue weighted by molar-refractivity contribution is 6.29. The Kier molecular flexibility index (Phi) is 1.73. The van der Waals surface area contributed by atoms with E-state index in [1.807, 2.05) is 6.07 Å². The molecule has 0 saturated heterocycles. The normalized spacial score (nSPS) is 15.1. The number of nitrogens with zero attached hydrogens (tertiary/aromatic N) is 1. The molecule has 15 heavy (non-hydrogen) atoms. The van der Waals surface area contributed by atoms with Crippen molar-refractivity contribution < 1.29 is 4.79 Å². The Labute approximate surface area is 90.6 Å². The number of amides is 1. The molecule has 2 aromatic heterocycles. The summed E-state index contributed by atoms with van der Waals surface area (Å²) in [4.78, 5) is 18.9. The van der Waals surface area contributed by atoms with Crippen LogP contribution in [0.1, 0.15) is 16.1 Å². The summed E-state index contributed by atoms with van der Waals surface area (Å²) < 4.78 is 0. The summed E-state index contributed by atoms with van der Waals surface area (Å²) in [6.45, 7) is 0.673. The van der Waals surface area contributed by atoms with Gasteiger partial charge in [0.15, 0.2) is 0 Å². The van der Waals surface area contributed by atoms with Crippen LogP contribution in [0.5, 0.6) is 0 Å². The van der Waals surface area contributed by atoms with Gasteiger partial charge in [0.1, 0.15) is 10.8 Å². The molecular weight excluding hydrogens is 214 g/mol. The van der Waals surface area contributed by atoms with Gasteiger partial charge in [-0.1, -0.05) is 11.6 Å². The van der Waals surface area contributed by atoms with Crippen LogP contribution in [0, 0.1) is 0 Å². The minimum atomic E-state index is -0.0355. The highest BCUT2D eigenvalue weighted by Gasteiger charge is 2.22. The van der Waals surface area contributed by atoms with E-state index in [1.165, 1.54) is 0 Å². The summed E-state index contributed by atoms with van der Waals surface area (Å²) in [6, 6.07) is 3.52. The van der Waals surface area contributed by atoms with Crippen molar-refractivity contribution in [3.8, 4) is 0 Å². The average Bonchev–Trinajstić information content (AvgIpc) is 2.56. The minimum Gasteiger partial charge on any atom is -0.352 e. The molecule has 0 aliphatic carbocycles. The summed E-state index contributed by atoms with van der Waals surface area (Å²) >= 11 is 5.79. The smallest absolute Gasteiger partial charge is 0.253 e. The molecule has 0 atom stereocenters. The van der Waals surface area contributed by atoms with Crippen LogP contribution < -0.4 is 5.32 Å². The van der Waals surface area contributed by atoms with Gasteiger partial charge in [-0.3, -0.25) is 4.79 Å². The Morgan fingerprint density at radius 2 is 2.27 bits per heavy atom. The number of H-pyrrole nitrogens is 1. The monoisotopic (exact) mass is 221 g/mol. The second kappa shape index (κ2) is 2.97. The first-order chi connectivity index (χ1) is 7.25. The van der Waals surface area contributed by atoms with E-state index in [9.17, 15) is 4.79 Å². The van der Waals surface area contributed by atoms with Crippen LogP contribution in [0.4, 0.5) is 0 Å². The SMILES string of the molecule is O=C1NCCc2[nH]c3nc(Cl)ccc3c21. The van der Waals surface area contributed by atoms with Crippen LogP contribution in [0.2, 0.25) is 5.15 Å². The number of nitrogens with one attached hydrogen (secondary N) is 2. The molecule has 1 aliphatic heterocycles. The first-order valence-corrected chi connectivity index (χ1v) is 5.09. The highest BCUT2D eigenvalue weighted by Crippen LogP contribution is 2.24. The van der Waals surface area contributed by atoms with E-state index in [0.29, 0.717) is 22.9 Å². The zero-order valence-electron chi connectivity index (χ0n) is 7.80. The van der Waals surface area contributed by atoms with Crippen LogP contribution in [-0.2, 0) is 6.42 Å². The first kappa shape index (κ1) is 8.73. The topological polar surface area (TPSA) is 57.8 Å². The van der Waals surface area contributed by atoms with Gasteiger partial charge in [0, 0.05) is 24.0 Å². The summed E-state index contributed by atoms with van der Waals surface area (Å²) in [5.74, 6) is -0.0355. The van der Waals surface area contributed by atoms with E-state index in [4.69, 9.17) is 11.6 Å². The van der Waals surface area contributed by atoms with E-state index in [0.717, 1.165) is 17.5 Å². The predicted molar refractivity (Wildman–Crippen MR) is 57.1 cm³/mol. The third-order valence-electron chi connectivity index (χ3n) is 2.59. The maximum absolute atomic E-state index is 11.7. The summed E-state index contributed by atoms with van der Waals surface area (Å²) in [7, 11) is 0. The molecule has 0 fully saturated rings. The molecule has 0 aromatic carbocycles. The van der Waals surface area contributed by atoms with Gasteiger partial charge in [0.2, 0.25) is 0 Å². The Bertz CT molecular complexity index is 561. The third-order valence-corrected chi connectivity index (χ3v) is 2.80. The molecule has 76 valence electrons.